The molecule has 0 radical (unpaired) electrons. The lowest BCUT2D eigenvalue weighted by Crippen LogP contribution is -2.25. The summed E-state index contributed by atoms with van der Waals surface area (Å²) in [5.41, 5.74) is 1.80. The van der Waals surface area contributed by atoms with Gasteiger partial charge in [-0.3, -0.25) is 14.4 Å². The number of anilines is 1. The van der Waals surface area contributed by atoms with Crippen molar-refractivity contribution < 1.29 is 14.4 Å². The molecule has 0 bridgehead atoms. The molecule has 22 heavy (non-hydrogen) atoms. The molecule has 0 atom stereocenters. The molecule has 0 saturated carbocycles. The topological polar surface area (TPSA) is 63.2 Å². The number of hydrogen-bond acceptors (Lipinski definition) is 3. The number of carbonyl (C=O) groups is 3. The molecule has 110 valence electrons. The van der Waals surface area contributed by atoms with Gasteiger partial charge in [-0.1, -0.05) is 50.2 Å². The van der Waals surface area contributed by atoms with E-state index in [1.807, 2.05) is 0 Å². The molecule has 1 N–H and O–H groups in total. The van der Waals surface area contributed by atoms with Crippen LogP contribution >= 0.6 is 0 Å². The van der Waals surface area contributed by atoms with Gasteiger partial charge in [0.2, 0.25) is 5.91 Å². The summed E-state index contributed by atoms with van der Waals surface area (Å²) in [5.74, 6) is -0.819. The van der Waals surface area contributed by atoms with Crippen LogP contribution in [0.5, 0.6) is 0 Å². The van der Waals surface area contributed by atoms with E-state index in [1.165, 1.54) is 0 Å². The van der Waals surface area contributed by atoms with E-state index >= 15 is 0 Å². The van der Waals surface area contributed by atoms with Gasteiger partial charge in [0.05, 0.1) is 11.3 Å². The Morgan fingerprint density at radius 1 is 0.864 bits per heavy atom. The first-order valence-corrected chi connectivity index (χ1v) is 7.13. The summed E-state index contributed by atoms with van der Waals surface area (Å²) in [6, 6.07) is 11.7. The molecule has 0 spiro atoms. The summed E-state index contributed by atoms with van der Waals surface area (Å²) in [7, 11) is 0. The summed E-state index contributed by atoms with van der Waals surface area (Å²) in [5, 5.41) is 2.74. The molecule has 0 heterocycles. The summed E-state index contributed by atoms with van der Waals surface area (Å²) in [6.07, 6.45) is 0. The molecule has 1 amide bonds. The van der Waals surface area contributed by atoms with E-state index in [4.69, 9.17) is 0 Å². The second-order valence-electron chi connectivity index (χ2n) is 5.58. The minimum absolute atomic E-state index is 0.187. The molecule has 0 aromatic heterocycles. The van der Waals surface area contributed by atoms with Crippen LogP contribution in [-0.2, 0) is 4.79 Å². The van der Waals surface area contributed by atoms with Gasteiger partial charge in [0, 0.05) is 22.6 Å². The van der Waals surface area contributed by atoms with Crippen molar-refractivity contribution >= 4 is 23.2 Å². The van der Waals surface area contributed by atoms with Crippen LogP contribution in [-0.4, -0.2) is 17.5 Å². The van der Waals surface area contributed by atoms with E-state index in [-0.39, 0.29) is 29.0 Å². The number of amides is 1. The van der Waals surface area contributed by atoms with Gasteiger partial charge in [-0.05, 0) is 6.07 Å². The fourth-order valence-electron chi connectivity index (χ4n) is 2.53. The molecule has 3 rings (SSSR count). The fraction of sp³-hybridized carbons (Fsp3) is 0.167. The first-order chi connectivity index (χ1) is 10.5. The molecule has 0 saturated heterocycles. The second kappa shape index (κ2) is 5.22. The Balaban J connectivity index is 2.15. The van der Waals surface area contributed by atoms with Gasteiger partial charge < -0.3 is 5.32 Å². The van der Waals surface area contributed by atoms with E-state index < -0.39 is 0 Å². The third kappa shape index (κ3) is 2.13. The van der Waals surface area contributed by atoms with Crippen molar-refractivity contribution in [3.8, 4) is 0 Å². The molecule has 1 aliphatic rings. The van der Waals surface area contributed by atoms with Crippen LogP contribution in [0.2, 0.25) is 0 Å². The SMILES string of the molecule is CC(C)C(=O)Nc1cccc2c1C(=O)c1ccccc1C2=O. The monoisotopic (exact) mass is 293 g/mol. The molecule has 1 aliphatic carbocycles. The summed E-state index contributed by atoms with van der Waals surface area (Å²) >= 11 is 0. The molecular formula is C18H15NO3. The number of rotatable bonds is 2. The molecule has 4 nitrogen and oxygen atoms in total. The number of hydrogen-bond donors (Lipinski definition) is 1. The highest BCUT2D eigenvalue weighted by Crippen LogP contribution is 2.32. The van der Waals surface area contributed by atoms with Crippen LogP contribution in [0.1, 0.15) is 45.7 Å². The van der Waals surface area contributed by atoms with Gasteiger partial charge >= 0.3 is 0 Å². The highest BCUT2D eigenvalue weighted by atomic mass is 16.2. The molecule has 0 aliphatic heterocycles. The summed E-state index contributed by atoms with van der Waals surface area (Å²) < 4.78 is 0. The number of ketones is 2. The van der Waals surface area contributed by atoms with Gasteiger partial charge in [-0.25, -0.2) is 0 Å². The minimum atomic E-state index is -0.232. The average molecular weight is 293 g/mol. The average Bonchev–Trinajstić information content (AvgIpc) is 2.52. The van der Waals surface area contributed by atoms with E-state index in [2.05, 4.69) is 5.32 Å². The van der Waals surface area contributed by atoms with Crippen LogP contribution < -0.4 is 5.32 Å². The first-order valence-electron chi connectivity index (χ1n) is 7.13. The van der Waals surface area contributed by atoms with Crippen molar-refractivity contribution in [2.75, 3.05) is 5.32 Å². The minimum Gasteiger partial charge on any atom is -0.325 e. The zero-order chi connectivity index (χ0) is 15.9. The highest BCUT2D eigenvalue weighted by Gasteiger charge is 2.31. The Hall–Kier alpha value is -2.75. The second-order valence-corrected chi connectivity index (χ2v) is 5.58. The zero-order valence-electron chi connectivity index (χ0n) is 12.3. The maximum absolute atomic E-state index is 12.7. The van der Waals surface area contributed by atoms with Gasteiger partial charge in [0.25, 0.3) is 0 Å². The predicted molar refractivity (Wildman–Crippen MR) is 83.2 cm³/mol. The smallest absolute Gasteiger partial charge is 0.226 e. The van der Waals surface area contributed by atoms with Crippen LogP contribution in [0.15, 0.2) is 42.5 Å². The fourth-order valence-corrected chi connectivity index (χ4v) is 2.53. The van der Waals surface area contributed by atoms with E-state index in [9.17, 15) is 14.4 Å². The summed E-state index contributed by atoms with van der Waals surface area (Å²) in [6.45, 7) is 3.54. The Morgan fingerprint density at radius 3 is 2.09 bits per heavy atom. The van der Waals surface area contributed by atoms with E-state index in [0.29, 0.717) is 22.4 Å². The van der Waals surface area contributed by atoms with Crippen LogP contribution in [0.3, 0.4) is 0 Å². The maximum atomic E-state index is 12.7. The molecule has 2 aromatic rings. The lowest BCUT2D eigenvalue weighted by molar-refractivity contribution is -0.118. The normalized spacial score (nSPS) is 12.9. The molecule has 0 unspecified atom stereocenters. The summed E-state index contributed by atoms with van der Waals surface area (Å²) in [4.78, 5) is 37.2. The quantitative estimate of drug-likeness (QED) is 0.790. The highest BCUT2D eigenvalue weighted by molar-refractivity contribution is 6.30. The number of carbonyl (C=O) groups excluding carboxylic acids is 3. The Kier molecular flexibility index (Phi) is 3.37. The third-order valence-corrected chi connectivity index (χ3v) is 3.73. The number of fused-ring (bicyclic) bond motifs is 2. The lowest BCUT2D eigenvalue weighted by Gasteiger charge is -2.20. The van der Waals surface area contributed by atoms with Gasteiger partial charge in [0.15, 0.2) is 11.6 Å². The molecule has 4 heteroatoms. The Bertz CT molecular complexity index is 806. The Labute approximate surface area is 128 Å². The van der Waals surface area contributed by atoms with Crippen molar-refractivity contribution in [3.63, 3.8) is 0 Å². The van der Waals surface area contributed by atoms with Gasteiger partial charge in [-0.15, -0.1) is 0 Å². The largest absolute Gasteiger partial charge is 0.325 e. The van der Waals surface area contributed by atoms with Crippen molar-refractivity contribution in [2.45, 2.75) is 13.8 Å². The Morgan fingerprint density at radius 2 is 1.45 bits per heavy atom. The zero-order valence-corrected chi connectivity index (χ0v) is 12.3. The van der Waals surface area contributed by atoms with Crippen molar-refractivity contribution in [1.29, 1.82) is 0 Å². The van der Waals surface area contributed by atoms with E-state index in [0.717, 1.165) is 0 Å². The molecule has 0 fully saturated rings. The van der Waals surface area contributed by atoms with Crippen LogP contribution in [0.4, 0.5) is 5.69 Å². The standard InChI is InChI=1S/C18H15NO3/c1-10(2)18(22)19-14-9-5-8-13-15(14)17(21)12-7-4-3-6-11(12)16(13)20/h3-10H,1-2H3,(H,19,22). The number of nitrogens with one attached hydrogen (secondary N) is 1. The first kappa shape index (κ1) is 14.2. The third-order valence-electron chi connectivity index (χ3n) is 3.73. The maximum Gasteiger partial charge on any atom is 0.226 e. The lowest BCUT2D eigenvalue weighted by atomic mass is 9.83. The van der Waals surface area contributed by atoms with Crippen molar-refractivity contribution in [3.05, 3.63) is 64.7 Å². The predicted octanol–water partition coefficient (Wildman–Crippen LogP) is 3.06. The number of benzene rings is 2. The van der Waals surface area contributed by atoms with E-state index in [1.54, 1.807) is 56.3 Å². The van der Waals surface area contributed by atoms with Crippen molar-refractivity contribution in [2.24, 2.45) is 5.92 Å². The van der Waals surface area contributed by atoms with Gasteiger partial charge in [-0.2, -0.15) is 0 Å². The molecular weight excluding hydrogens is 278 g/mol. The van der Waals surface area contributed by atoms with Crippen LogP contribution in [0.25, 0.3) is 0 Å². The van der Waals surface area contributed by atoms with Gasteiger partial charge in [0.1, 0.15) is 0 Å². The van der Waals surface area contributed by atoms with Crippen molar-refractivity contribution in [1.82, 2.24) is 0 Å². The van der Waals surface area contributed by atoms with Crippen LogP contribution in [0, 0.1) is 5.92 Å². The molecule has 2 aromatic carbocycles.